The smallest absolute Gasteiger partial charge is 0.282 e. The van der Waals surface area contributed by atoms with Crippen molar-refractivity contribution < 1.29 is 118 Å². The molecular weight excluding hydrogens is 1580 g/mol. The van der Waals surface area contributed by atoms with Gasteiger partial charge in [0.2, 0.25) is 0 Å². The molecule has 107 heavy (non-hydrogen) atoms. The molecule has 0 fully saturated rings. The Labute approximate surface area is 598 Å². The largest absolute Gasteiger partial charge is 0.295 e. The van der Waals surface area contributed by atoms with Gasteiger partial charge in [0.15, 0.2) is 0 Å². The first kappa shape index (κ1) is 71.1. The van der Waals surface area contributed by atoms with Crippen LogP contribution in [0, 0.1) is 0 Å². The second kappa shape index (κ2) is 24.5. The van der Waals surface area contributed by atoms with E-state index in [2.05, 4.69) is 20.4 Å². The lowest BCUT2D eigenvalue weighted by atomic mass is 10.1. The molecule has 15 rings (SSSR count). The van der Waals surface area contributed by atoms with E-state index in [4.69, 9.17) is 13.9 Å². The molecule has 0 atom stereocenters. The van der Waals surface area contributed by atoms with Crippen LogP contribution < -0.4 is 0 Å². The van der Waals surface area contributed by atoms with Gasteiger partial charge in [-0.3, -0.25) is 36.4 Å². The van der Waals surface area contributed by atoms with Crippen LogP contribution in [0.2, 0.25) is 0 Å². The summed E-state index contributed by atoms with van der Waals surface area (Å²) >= 11 is 0. The minimum atomic E-state index is -5.12. The summed E-state index contributed by atoms with van der Waals surface area (Å²) in [5.41, 5.74) is 0.714. The predicted molar refractivity (Wildman–Crippen MR) is 368 cm³/mol. The van der Waals surface area contributed by atoms with E-state index in [-0.39, 0.29) is 88.6 Å². The Kier molecular flexibility index (Phi) is 16.3. The van der Waals surface area contributed by atoms with E-state index >= 15 is 0 Å². The molecule has 0 bridgehead atoms. The van der Waals surface area contributed by atoms with Gasteiger partial charge < -0.3 is 0 Å². The van der Waals surface area contributed by atoms with Gasteiger partial charge in [0, 0.05) is 21.5 Å². The number of hydrogen-bond donors (Lipinski definition) is 8. The molecule has 0 aliphatic rings. The summed E-state index contributed by atoms with van der Waals surface area (Å²) in [4.78, 5) is 2.61. The number of hydrogen-bond acceptors (Lipinski definition) is 23. The van der Waals surface area contributed by atoms with E-state index in [1.54, 1.807) is 0 Å². The molecule has 5 heterocycles. The van der Waals surface area contributed by atoms with Crippen molar-refractivity contribution in [3.05, 3.63) is 192 Å². The summed E-state index contributed by atoms with van der Waals surface area (Å²) < 4.78 is 297. The molecule has 0 aliphatic carbocycles. The van der Waals surface area contributed by atoms with Gasteiger partial charge in [0.1, 0.15) is 85.6 Å². The van der Waals surface area contributed by atoms with Crippen molar-refractivity contribution >= 4 is 149 Å². The monoisotopic (exact) mass is 1620 g/mol. The number of benzene rings is 10. The van der Waals surface area contributed by atoms with Crippen LogP contribution in [0.5, 0.6) is 0 Å². The normalized spacial score (nSPS) is 13.4. The van der Waals surface area contributed by atoms with E-state index in [0.717, 1.165) is 89.7 Å². The molecule has 10 aromatic carbocycles. The fourth-order valence-corrected chi connectivity index (χ4v) is 16.8. The second-order valence-electron chi connectivity index (χ2n) is 23.1. The van der Waals surface area contributed by atoms with E-state index in [0.29, 0.717) is 34.9 Å². The molecule has 5 aromatic heterocycles. The minimum absolute atomic E-state index is 0.00170. The summed E-state index contributed by atoms with van der Waals surface area (Å²) in [6, 6.07) is 34.6. The lowest BCUT2D eigenvalue weighted by Gasteiger charge is -2.07. The van der Waals surface area contributed by atoms with Crippen LogP contribution >= 0.6 is 0 Å². The first-order chi connectivity index (χ1) is 50.0. The van der Waals surface area contributed by atoms with Gasteiger partial charge in [0.05, 0.1) is 21.2 Å². The molecule has 0 spiro atoms. The van der Waals surface area contributed by atoms with Crippen molar-refractivity contribution in [3.63, 3.8) is 0 Å². The van der Waals surface area contributed by atoms with E-state index < -0.39 is 120 Å². The van der Waals surface area contributed by atoms with E-state index in [1.807, 2.05) is 0 Å². The van der Waals surface area contributed by atoms with Crippen LogP contribution in [-0.2, 0) is 80.9 Å². The third-order valence-corrected chi connectivity index (χ3v) is 23.4. The number of aromatic nitrogens is 12. The SMILES string of the molecule is O=S(=O)(O)c1cc(S(=O)(=O)O)c2ccc3nn(-c4ccc(-n5on5-c5ccc(C=Cc6ccc(-n7on7-c7ccc(/C=C\c8ccc(-n9on9-c9ccc(-n%10nc%11ccc%12c(S(=O)(=O)O)cc(S(=O)(=O)O)cc%12c%11n%10)cc9)cc8S(=O)(=O)O)c(S(=O)(=O)O)c7)cc6S(=O)(=O)O)c(S(=O)(=O)O)c5)cc4)nc3c2c1. The standard InChI is InChI=1S/C60H40N12O27S8/c73-100(74,75)45-29-49-47(57(31-45)106(91,92)93)21-23-51-59(49)63-65(61-51)37-13-17-39(18-14-37)67-69(97-67)41-9-5-33(53(25-41)102(79,80)81)1-3-35-7-11-43(27-55(35)104(85,86)87)71-72(99-71)44-12-8-36(56(28-44)105(88,89)90)4-2-34-6-10-42(26-54(34)103(82,83)84)70-68(98-70)40-19-15-38(16-20-40)66-62-52-24-22-48-50(60(52)64-66)30-46(101(76,77)78)32-58(48)107(94,95)96/h1-32H,(H,73,74,75)(H,76,77,78)(H,79,80,81)(H,82,83,84)(H,85,86,87)(H,88,89,90)(H,91,92,93)(H,94,95,96)/b3-1-,4-2?. The lowest BCUT2D eigenvalue weighted by molar-refractivity contribution is 0.472. The highest BCUT2D eigenvalue weighted by molar-refractivity contribution is 7.88. The molecule has 550 valence electrons. The van der Waals surface area contributed by atoms with Crippen molar-refractivity contribution in [2.75, 3.05) is 0 Å². The number of fused-ring (bicyclic) bond motifs is 6. The van der Waals surface area contributed by atoms with Gasteiger partial charge >= 0.3 is 0 Å². The minimum Gasteiger partial charge on any atom is -0.282 e. The van der Waals surface area contributed by atoms with Gasteiger partial charge in [-0.2, -0.15) is 76.9 Å². The third kappa shape index (κ3) is 13.7. The predicted octanol–water partition coefficient (Wildman–Crippen LogP) is 7.30. The van der Waals surface area contributed by atoms with E-state index in [1.165, 1.54) is 131 Å². The lowest BCUT2D eigenvalue weighted by Crippen LogP contribution is -2.04. The fraction of sp³-hybridized carbons (Fsp3) is 0. The maximum absolute atomic E-state index is 12.9. The average Bonchev–Trinajstić information content (AvgIpc) is 1.70. The zero-order chi connectivity index (χ0) is 76.4. The van der Waals surface area contributed by atoms with E-state index in [9.17, 15) is 104 Å². The highest BCUT2D eigenvalue weighted by atomic mass is 32.2. The Morgan fingerprint density at radius 1 is 0.243 bits per heavy atom. The van der Waals surface area contributed by atoms with Gasteiger partial charge in [0.25, 0.3) is 80.9 Å². The van der Waals surface area contributed by atoms with Crippen LogP contribution in [0.3, 0.4) is 0 Å². The quantitative estimate of drug-likeness (QED) is 0.0274. The summed E-state index contributed by atoms with van der Waals surface area (Å²) in [5, 5.41) is 17.1. The second-order valence-corrected chi connectivity index (χ2v) is 34.3. The Bertz CT molecular complexity index is 6930. The third-order valence-electron chi connectivity index (χ3n) is 16.3. The first-order valence-corrected chi connectivity index (χ1v) is 41.0. The first-order valence-electron chi connectivity index (χ1n) is 29.5. The zero-order valence-corrected chi connectivity index (χ0v) is 59.0. The Morgan fingerprint density at radius 3 is 0.738 bits per heavy atom. The molecule has 0 radical (unpaired) electrons. The van der Waals surface area contributed by atoms with Crippen molar-refractivity contribution in [1.29, 1.82) is 0 Å². The Hall–Kier alpha value is -11.5. The van der Waals surface area contributed by atoms with Gasteiger partial charge in [-0.15, -0.1) is 20.4 Å². The van der Waals surface area contributed by atoms with Gasteiger partial charge in [-0.1, -0.05) is 89.8 Å². The molecule has 39 nitrogen and oxygen atoms in total. The van der Waals surface area contributed by atoms with Gasteiger partial charge in [-0.25, -0.2) is 13.9 Å². The summed E-state index contributed by atoms with van der Waals surface area (Å²) in [6.07, 6.45) is 4.43. The molecule has 0 saturated carbocycles. The molecular formula is C60H40N12O27S8. The van der Waals surface area contributed by atoms with Crippen LogP contribution in [-0.4, -0.2) is 163 Å². The van der Waals surface area contributed by atoms with Gasteiger partial charge in [-0.05, 0) is 156 Å². The topological polar surface area (TPSA) is 565 Å². The number of nitrogens with zero attached hydrogens (tertiary/aromatic N) is 12. The molecule has 8 N–H and O–H groups in total. The van der Waals surface area contributed by atoms with Crippen molar-refractivity contribution in [2.24, 2.45) is 0 Å². The highest BCUT2D eigenvalue weighted by Crippen LogP contribution is 2.37. The summed E-state index contributed by atoms with van der Waals surface area (Å²) in [7, 11) is -40.2. The molecule has 47 heteroatoms. The van der Waals surface area contributed by atoms with Crippen molar-refractivity contribution in [3.8, 4) is 45.5 Å². The number of rotatable bonds is 20. The summed E-state index contributed by atoms with van der Waals surface area (Å²) in [5.74, 6) is 0. The average molecular weight is 1620 g/mol. The summed E-state index contributed by atoms with van der Waals surface area (Å²) in [6.45, 7) is 0. The molecule has 0 aliphatic heterocycles. The maximum Gasteiger partial charge on any atom is 0.295 e. The fourth-order valence-electron chi connectivity index (χ4n) is 11.3. The van der Waals surface area contributed by atoms with Crippen LogP contribution in [0.15, 0.2) is 223 Å². The maximum atomic E-state index is 12.9. The Morgan fingerprint density at radius 2 is 0.486 bits per heavy atom. The zero-order valence-electron chi connectivity index (χ0n) is 52.4. The molecule has 0 saturated heterocycles. The van der Waals surface area contributed by atoms with Crippen molar-refractivity contribution in [2.45, 2.75) is 39.2 Å². The van der Waals surface area contributed by atoms with Crippen molar-refractivity contribution in [1.82, 2.24) is 59.1 Å². The Balaban J connectivity index is 0.637. The van der Waals surface area contributed by atoms with Crippen LogP contribution in [0.1, 0.15) is 22.3 Å². The molecule has 0 unspecified atom stereocenters. The highest BCUT2D eigenvalue weighted by Gasteiger charge is 2.30. The molecule has 0 amide bonds. The van der Waals surface area contributed by atoms with Crippen LogP contribution in [0.25, 0.3) is 113 Å². The molecule has 15 aromatic rings. The van der Waals surface area contributed by atoms with Crippen LogP contribution in [0.4, 0.5) is 0 Å².